The lowest BCUT2D eigenvalue weighted by Crippen LogP contribution is -2.18. The second kappa shape index (κ2) is 5.20. The average Bonchev–Trinajstić information content (AvgIpc) is 2.68. The first-order valence-electron chi connectivity index (χ1n) is 5.97. The van der Waals surface area contributed by atoms with Crippen molar-refractivity contribution in [3.05, 3.63) is 35.4 Å². The number of rotatable bonds is 3. The molecule has 0 bridgehead atoms. The summed E-state index contributed by atoms with van der Waals surface area (Å²) in [5.74, 6) is 0.510. The summed E-state index contributed by atoms with van der Waals surface area (Å²) in [7, 11) is 0. The Bertz CT molecular complexity index is 350. The van der Waals surface area contributed by atoms with Gasteiger partial charge in [0.1, 0.15) is 0 Å². The largest absolute Gasteiger partial charge is 0.378 e. The summed E-state index contributed by atoms with van der Waals surface area (Å²) in [6, 6.07) is 8.47. The number of halogens is 1. The van der Waals surface area contributed by atoms with Crippen molar-refractivity contribution >= 4 is 11.6 Å². The first-order chi connectivity index (χ1) is 7.66. The highest BCUT2D eigenvalue weighted by molar-refractivity contribution is 6.21. The van der Waals surface area contributed by atoms with E-state index in [0.29, 0.717) is 12.0 Å². The fourth-order valence-corrected chi connectivity index (χ4v) is 2.66. The van der Waals surface area contributed by atoms with Gasteiger partial charge in [-0.25, -0.2) is 0 Å². The molecule has 1 nitrogen and oxygen atoms in total. The van der Waals surface area contributed by atoms with Crippen molar-refractivity contribution in [2.24, 2.45) is 5.92 Å². The Labute approximate surface area is 103 Å². The summed E-state index contributed by atoms with van der Waals surface area (Å²) < 4.78 is 5.57. The Kier molecular flexibility index (Phi) is 3.88. The fraction of sp³-hybridized carbons (Fsp3) is 0.571. The third-order valence-electron chi connectivity index (χ3n) is 3.42. The Morgan fingerprint density at radius 2 is 2.19 bits per heavy atom. The predicted molar refractivity (Wildman–Crippen MR) is 68.0 cm³/mol. The first kappa shape index (κ1) is 11.9. The zero-order valence-corrected chi connectivity index (χ0v) is 10.7. The smallest absolute Gasteiger partial charge is 0.0551 e. The van der Waals surface area contributed by atoms with E-state index in [4.69, 9.17) is 16.3 Å². The molecular weight excluding hydrogens is 220 g/mol. The fourth-order valence-electron chi connectivity index (χ4n) is 2.32. The quantitative estimate of drug-likeness (QED) is 0.732. The van der Waals surface area contributed by atoms with Crippen molar-refractivity contribution in [1.82, 2.24) is 0 Å². The normalized spacial score (nSPS) is 26.9. The van der Waals surface area contributed by atoms with Gasteiger partial charge in [-0.3, -0.25) is 0 Å². The second-order valence-corrected chi connectivity index (χ2v) is 5.35. The van der Waals surface area contributed by atoms with Crippen molar-refractivity contribution in [2.45, 2.75) is 38.2 Å². The summed E-state index contributed by atoms with van der Waals surface area (Å²) >= 11 is 6.48. The molecule has 2 rings (SSSR count). The van der Waals surface area contributed by atoms with Gasteiger partial charge in [0.05, 0.1) is 12.7 Å². The van der Waals surface area contributed by atoms with Crippen LogP contribution in [0.2, 0.25) is 0 Å². The molecule has 0 amide bonds. The van der Waals surface area contributed by atoms with E-state index < -0.39 is 0 Å². The van der Waals surface area contributed by atoms with Crippen LogP contribution in [0.25, 0.3) is 0 Å². The van der Waals surface area contributed by atoms with Crippen molar-refractivity contribution < 1.29 is 4.74 Å². The Hall–Kier alpha value is -0.530. The molecule has 1 aromatic rings. The second-order valence-electron chi connectivity index (χ2n) is 4.79. The van der Waals surface area contributed by atoms with Crippen LogP contribution in [0.1, 0.15) is 24.5 Å². The molecule has 16 heavy (non-hydrogen) atoms. The van der Waals surface area contributed by atoms with E-state index in [0.717, 1.165) is 19.4 Å². The number of alkyl halides is 1. The highest BCUT2D eigenvalue weighted by atomic mass is 35.5. The molecule has 0 N–H and O–H groups in total. The third-order valence-corrected chi connectivity index (χ3v) is 3.93. The number of hydrogen-bond acceptors (Lipinski definition) is 1. The van der Waals surface area contributed by atoms with Crippen LogP contribution in [0.3, 0.4) is 0 Å². The third kappa shape index (κ3) is 2.78. The number of ether oxygens (including phenoxy) is 1. The molecule has 1 saturated heterocycles. The van der Waals surface area contributed by atoms with Crippen LogP contribution >= 0.6 is 11.6 Å². The van der Waals surface area contributed by atoms with Crippen LogP contribution in [0.15, 0.2) is 24.3 Å². The summed E-state index contributed by atoms with van der Waals surface area (Å²) in [5, 5.41) is 0.200. The minimum absolute atomic E-state index is 0.200. The molecule has 1 aliphatic rings. The molecule has 3 atom stereocenters. The molecular formula is C14H19ClO. The summed E-state index contributed by atoms with van der Waals surface area (Å²) in [5.41, 5.74) is 2.70. The number of hydrogen-bond donors (Lipinski definition) is 0. The minimum Gasteiger partial charge on any atom is -0.378 e. The van der Waals surface area contributed by atoms with Gasteiger partial charge in [-0.1, -0.05) is 24.3 Å². The van der Waals surface area contributed by atoms with Gasteiger partial charge in [-0.05, 0) is 37.8 Å². The molecule has 88 valence electrons. The van der Waals surface area contributed by atoms with Crippen LogP contribution in [-0.4, -0.2) is 18.1 Å². The SMILES string of the molecule is Cc1ccccc1CC(Cl)C1COC(C)C1. The maximum absolute atomic E-state index is 6.48. The lowest BCUT2D eigenvalue weighted by atomic mass is 9.95. The molecule has 1 aromatic carbocycles. The van der Waals surface area contributed by atoms with E-state index in [1.165, 1.54) is 11.1 Å². The molecule has 0 spiro atoms. The van der Waals surface area contributed by atoms with Crippen molar-refractivity contribution in [3.63, 3.8) is 0 Å². The molecule has 1 fully saturated rings. The monoisotopic (exact) mass is 238 g/mol. The standard InChI is InChI=1S/C14H19ClO/c1-10-5-3-4-6-12(10)8-14(15)13-7-11(2)16-9-13/h3-6,11,13-14H,7-9H2,1-2H3. The molecule has 0 aromatic heterocycles. The molecule has 0 radical (unpaired) electrons. The van der Waals surface area contributed by atoms with Crippen LogP contribution in [0, 0.1) is 12.8 Å². The zero-order chi connectivity index (χ0) is 11.5. The van der Waals surface area contributed by atoms with Gasteiger partial charge < -0.3 is 4.74 Å². The van der Waals surface area contributed by atoms with Crippen molar-refractivity contribution in [2.75, 3.05) is 6.61 Å². The highest BCUT2D eigenvalue weighted by Gasteiger charge is 2.28. The van der Waals surface area contributed by atoms with Gasteiger partial charge >= 0.3 is 0 Å². The molecule has 1 heterocycles. The molecule has 3 unspecified atom stereocenters. The molecule has 2 heteroatoms. The Morgan fingerprint density at radius 1 is 1.44 bits per heavy atom. The Morgan fingerprint density at radius 3 is 2.81 bits per heavy atom. The van der Waals surface area contributed by atoms with Gasteiger partial charge in [-0.2, -0.15) is 0 Å². The number of benzene rings is 1. The van der Waals surface area contributed by atoms with Crippen LogP contribution in [0.4, 0.5) is 0 Å². The van der Waals surface area contributed by atoms with Gasteiger partial charge in [0.2, 0.25) is 0 Å². The van der Waals surface area contributed by atoms with E-state index in [1.54, 1.807) is 0 Å². The lowest BCUT2D eigenvalue weighted by molar-refractivity contribution is 0.120. The van der Waals surface area contributed by atoms with Gasteiger partial charge in [-0.15, -0.1) is 11.6 Å². The molecule has 0 saturated carbocycles. The summed E-state index contributed by atoms with van der Waals surface area (Å²) in [6.45, 7) is 5.09. The Balaban J connectivity index is 1.97. The highest BCUT2D eigenvalue weighted by Crippen LogP contribution is 2.28. The van der Waals surface area contributed by atoms with E-state index in [1.807, 2.05) is 0 Å². The number of aryl methyl sites for hydroxylation is 1. The zero-order valence-electron chi connectivity index (χ0n) is 9.95. The summed E-state index contributed by atoms with van der Waals surface area (Å²) in [6.07, 6.45) is 2.43. The van der Waals surface area contributed by atoms with E-state index in [2.05, 4.69) is 38.1 Å². The molecule has 0 aliphatic carbocycles. The van der Waals surface area contributed by atoms with Gasteiger partial charge in [0, 0.05) is 11.3 Å². The van der Waals surface area contributed by atoms with E-state index >= 15 is 0 Å². The summed E-state index contributed by atoms with van der Waals surface area (Å²) in [4.78, 5) is 0. The van der Waals surface area contributed by atoms with Gasteiger partial charge in [0.25, 0.3) is 0 Å². The maximum Gasteiger partial charge on any atom is 0.0551 e. The maximum atomic E-state index is 6.48. The first-order valence-corrected chi connectivity index (χ1v) is 6.40. The average molecular weight is 239 g/mol. The minimum atomic E-state index is 0.200. The van der Waals surface area contributed by atoms with E-state index in [9.17, 15) is 0 Å². The van der Waals surface area contributed by atoms with Crippen LogP contribution in [0.5, 0.6) is 0 Å². The molecule has 1 aliphatic heterocycles. The predicted octanol–water partition coefficient (Wildman–Crippen LogP) is 3.57. The lowest BCUT2D eigenvalue weighted by Gasteiger charge is -2.16. The van der Waals surface area contributed by atoms with Crippen LogP contribution in [-0.2, 0) is 11.2 Å². The van der Waals surface area contributed by atoms with E-state index in [-0.39, 0.29) is 5.38 Å². The van der Waals surface area contributed by atoms with Crippen molar-refractivity contribution in [3.8, 4) is 0 Å². The topological polar surface area (TPSA) is 9.23 Å². The van der Waals surface area contributed by atoms with Crippen molar-refractivity contribution in [1.29, 1.82) is 0 Å². The van der Waals surface area contributed by atoms with Crippen LogP contribution < -0.4 is 0 Å². The van der Waals surface area contributed by atoms with Gasteiger partial charge in [0.15, 0.2) is 0 Å².